The molecule has 0 aromatic carbocycles. The Balaban J connectivity index is 1.77. The molecule has 4 rings (SSSR count). The van der Waals surface area contributed by atoms with Crippen molar-refractivity contribution < 1.29 is 14.9 Å². The average molecular weight is 320 g/mol. The van der Waals surface area contributed by atoms with Crippen molar-refractivity contribution in [2.45, 2.75) is 84.2 Å². The Labute approximate surface area is 140 Å². The summed E-state index contributed by atoms with van der Waals surface area (Å²) in [6.45, 7) is 11.2. The van der Waals surface area contributed by atoms with Gasteiger partial charge in [0.2, 0.25) is 0 Å². The summed E-state index contributed by atoms with van der Waals surface area (Å²) >= 11 is 0. The lowest BCUT2D eigenvalue weighted by atomic mass is 9.49. The van der Waals surface area contributed by atoms with E-state index in [4.69, 9.17) is 4.74 Å². The number of allylic oxidation sites excluding steroid dienone is 1. The van der Waals surface area contributed by atoms with E-state index in [1.807, 2.05) is 0 Å². The summed E-state index contributed by atoms with van der Waals surface area (Å²) in [7, 11) is 0. The second-order valence-electron chi connectivity index (χ2n) is 9.75. The van der Waals surface area contributed by atoms with Gasteiger partial charge in [0, 0.05) is 5.41 Å². The molecule has 23 heavy (non-hydrogen) atoms. The highest BCUT2D eigenvalue weighted by Gasteiger charge is 2.66. The molecule has 130 valence electrons. The van der Waals surface area contributed by atoms with Gasteiger partial charge in [-0.05, 0) is 55.8 Å². The summed E-state index contributed by atoms with van der Waals surface area (Å²) in [5.41, 5.74) is 1.14. The number of epoxide rings is 1. The van der Waals surface area contributed by atoms with Crippen LogP contribution < -0.4 is 0 Å². The molecule has 3 aliphatic carbocycles. The van der Waals surface area contributed by atoms with Crippen LogP contribution in [-0.4, -0.2) is 34.1 Å². The molecule has 0 amide bonds. The van der Waals surface area contributed by atoms with Gasteiger partial charge >= 0.3 is 0 Å². The maximum Gasteiger partial charge on any atom is 0.0920 e. The topological polar surface area (TPSA) is 53.0 Å². The first-order chi connectivity index (χ1) is 10.6. The molecular formula is C20H32O3. The van der Waals surface area contributed by atoms with Crippen LogP contribution in [0.3, 0.4) is 0 Å². The van der Waals surface area contributed by atoms with Crippen LogP contribution in [0.25, 0.3) is 0 Å². The summed E-state index contributed by atoms with van der Waals surface area (Å²) in [6.07, 6.45) is 5.57. The van der Waals surface area contributed by atoms with E-state index in [2.05, 4.69) is 40.7 Å². The first-order valence-corrected chi connectivity index (χ1v) is 9.37. The highest BCUT2D eigenvalue weighted by molar-refractivity contribution is 5.31. The Hall–Kier alpha value is -0.380. The zero-order valence-electron chi connectivity index (χ0n) is 15.2. The maximum absolute atomic E-state index is 11.0. The molecule has 1 saturated heterocycles. The fourth-order valence-electron chi connectivity index (χ4n) is 6.23. The zero-order valence-corrected chi connectivity index (χ0v) is 15.2. The van der Waals surface area contributed by atoms with Crippen molar-refractivity contribution in [1.29, 1.82) is 0 Å². The van der Waals surface area contributed by atoms with Gasteiger partial charge in [-0.2, -0.15) is 0 Å². The quantitative estimate of drug-likeness (QED) is 0.576. The molecule has 3 fully saturated rings. The fraction of sp³-hybridized carbons (Fsp3) is 0.900. The standard InChI is InChI=1S/C20H32O3/c1-11(2)12-8-14(21)20(5)15(22)9-18(3)10-16-19(4,23-16)7-6-13(18)17(12)20/h8,11,13-17,21-22H,6-7,9-10H2,1-5H3/t13-,14?,15+,16?,17?,18?,19?,20?/m1/s1. The van der Waals surface area contributed by atoms with Crippen molar-refractivity contribution in [2.24, 2.45) is 28.6 Å². The Morgan fingerprint density at radius 3 is 2.52 bits per heavy atom. The van der Waals surface area contributed by atoms with Gasteiger partial charge in [-0.25, -0.2) is 0 Å². The third-order valence-corrected chi connectivity index (χ3v) is 8.00. The smallest absolute Gasteiger partial charge is 0.0920 e. The maximum atomic E-state index is 11.0. The van der Waals surface area contributed by atoms with Gasteiger partial charge < -0.3 is 14.9 Å². The van der Waals surface area contributed by atoms with E-state index in [1.54, 1.807) is 0 Å². The van der Waals surface area contributed by atoms with Crippen molar-refractivity contribution >= 4 is 0 Å². The van der Waals surface area contributed by atoms with E-state index in [-0.39, 0.29) is 11.0 Å². The summed E-state index contributed by atoms with van der Waals surface area (Å²) < 4.78 is 5.98. The van der Waals surface area contributed by atoms with E-state index in [0.717, 1.165) is 25.7 Å². The van der Waals surface area contributed by atoms with E-state index in [9.17, 15) is 10.2 Å². The summed E-state index contributed by atoms with van der Waals surface area (Å²) in [4.78, 5) is 0. The van der Waals surface area contributed by atoms with Crippen molar-refractivity contribution in [1.82, 2.24) is 0 Å². The van der Waals surface area contributed by atoms with Gasteiger partial charge in [0.25, 0.3) is 0 Å². The van der Waals surface area contributed by atoms with Gasteiger partial charge in [0.15, 0.2) is 0 Å². The summed E-state index contributed by atoms with van der Waals surface area (Å²) in [5, 5.41) is 21.8. The molecule has 3 heteroatoms. The molecule has 1 heterocycles. The molecule has 3 nitrogen and oxygen atoms in total. The lowest BCUT2D eigenvalue weighted by Gasteiger charge is -2.56. The molecular weight excluding hydrogens is 288 g/mol. The van der Waals surface area contributed by atoms with Crippen molar-refractivity contribution in [3.63, 3.8) is 0 Å². The molecule has 2 saturated carbocycles. The van der Waals surface area contributed by atoms with E-state index < -0.39 is 17.6 Å². The predicted octanol–water partition coefficient (Wildman–Crippen LogP) is 3.29. The number of hydrogen-bond acceptors (Lipinski definition) is 3. The third kappa shape index (κ3) is 1.99. The molecule has 1 aliphatic heterocycles. The number of ether oxygens (including phenoxy) is 1. The number of rotatable bonds is 1. The summed E-state index contributed by atoms with van der Waals surface area (Å²) in [5.74, 6) is 1.26. The number of hydrogen-bond donors (Lipinski definition) is 2. The van der Waals surface area contributed by atoms with Crippen molar-refractivity contribution in [3.8, 4) is 0 Å². The molecule has 8 atom stereocenters. The SMILES string of the molecule is CC(C)C1=CC(O)C2(C)C1[C@H]1CCC3(C)OC3CC1(C)C[C@@H]2O. The molecule has 4 aliphatic rings. The Bertz CT molecular complexity index is 555. The van der Waals surface area contributed by atoms with Crippen LogP contribution in [0.4, 0.5) is 0 Å². The minimum absolute atomic E-state index is 0.0701. The highest BCUT2D eigenvalue weighted by Crippen LogP contribution is 2.66. The number of fused-ring (bicyclic) bond motifs is 4. The monoisotopic (exact) mass is 320 g/mol. The lowest BCUT2D eigenvalue weighted by Crippen LogP contribution is -2.57. The zero-order chi connectivity index (χ0) is 16.8. The van der Waals surface area contributed by atoms with Gasteiger partial charge in [-0.3, -0.25) is 0 Å². The van der Waals surface area contributed by atoms with E-state index >= 15 is 0 Å². The Kier molecular flexibility index (Phi) is 3.23. The van der Waals surface area contributed by atoms with E-state index in [0.29, 0.717) is 23.9 Å². The minimum Gasteiger partial charge on any atom is -0.392 e. The van der Waals surface area contributed by atoms with Crippen molar-refractivity contribution in [2.75, 3.05) is 0 Å². The van der Waals surface area contributed by atoms with Gasteiger partial charge in [0.1, 0.15) is 0 Å². The molecule has 0 bridgehead atoms. The van der Waals surface area contributed by atoms with Crippen LogP contribution in [0.1, 0.15) is 60.3 Å². The summed E-state index contributed by atoms with van der Waals surface area (Å²) in [6, 6.07) is 0. The first-order valence-electron chi connectivity index (χ1n) is 9.37. The molecule has 0 spiro atoms. The normalized spacial score (nSPS) is 58.1. The van der Waals surface area contributed by atoms with Crippen LogP contribution in [0.5, 0.6) is 0 Å². The minimum atomic E-state index is -0.519. The van der Waals surface area contributed by atoms with E-state index in [1.165, 1.54) is 5.57 Å². The molecule has 6 unspecified atom stereocenters. The Morgan fingerprint density at radius 1 is 1.17 bits per heavy atom. The van der Waals surface area contributed by atoms with Gasteiger partial charge in [0.05, 0.1) is 23.9 Å². The predicted molar refractivity (Wildman–Crippen MR) is 89.9 cm³/mol. The van der Waals surface area contributed by atoms with Crippen LogP contribution in [-0.2, 0) is 4.74 Å². The van der Waals surface area contributed by atoms with Gasteiger partial charge in [-0.15, -0.1) is 0 Å². The van der Waals surface area contributed by atoms with Crippen LogP contribution in [0, 0.1) is 28.6 Å². The van der Waals surface area contributed by atoms with Crippen LogP contribution >= 0.6 is 0 Å². The van der Waals surface area contributed by atoms with Crippen LogP contribution in [0.2, 0.25) is 0 Å². The van der Waals surface area contributed by atoms with Crippen molar-refractivity contribution in [3.05, 3.63) is 11.6 Å². The molecule has 0 aromatic rings. The average Bonchev–Trinajstić information content (AvgIpc) is 2.99. The highest BCUT2D eigenvalue weighted by atomic mass is 16.6. The number of aliphatic hydroxyl groups excluding tert-OH is 2. The largest absolute Gasteiger partial charge is 0.392 e. The second-order valence-corrected chi connectivity index (χ2v) is 9.75. The second kappa shape index (κ2) is 4.62. The Morgan fingerprint density at radius 2 is 1.87 bits per heavy atom. The molecule has 2 N–H and O–H groups in total. The third-order valence-electron chi connectivity index (χ3n) is 8.00. The number of aliphatic hydroxyl groups is 2. The van der Waals surface area contributed by atoms with Gasteiger partial charge in [-0.1, -0.05) is 39.3 Å². The van der Waals surface area contributed by atoms with Crippen LogP contribution in [0.15, 0.2) is 11.6 Å². The molecule has 0 radical (unpaired) electrons. The lowest BCUT2D eigenvalue weighted by molar-refractivity contribution is -0.150. The fourth-order valence-corrected chi connectivity index (χ4v) is 6.23. The first kappa shape index (κ1) is 16.1. The molecule has 0 aromatic heterocycles.